The number of aromatic nitrogens is 2. The fourth-order valence-corrected chi connectivity index (χ4v) is 5.00. The van der Waals surface area contributed by atoms with Crippen LogP contribution in [0.1, 0.15) is 36.4 Å². The Morgan fingerprint density at radius 3 is 2.96 bits per heavy atom. The van der Waals surface area contributed by atoms with Gasteiger partial charge in [0.15, 0.2) is 6.10 Å². The van der Waals surface area contributed by atoms with Crippen LogP contribution in [-0.4, -0.2) is 46.1 Å². The summed E-state index contributed by atoms with van der Waals surface area (Å²) in [4.78, 5) is 21.2. The summed E-state index contributed by atoms with van der Waals surface area (Å²) >= 11 is 1.81. The molecule has 2 aromatic rings. The highest BCUT2D eigenvalue weighted by atomic mass is 32.1. The van der Waals surface area contributed by atoms with Crippen molar-refractivity contribution in [1.29, 1.82) is 0 Å². The second-order valence-corrected chi connectivity index (χ2v) is 9.08. The molecule has 144 valence electrons. The third kappa shape index (κ3) is 3.56. The summed E-state index contributed by atoms with van der Waals surface area (Å²) in [5.74, 6) is 1.70. The fourth-order valence-electron chi connectivity index (χ4n) is 4.25. The van der Waals surface area contributed by atoms with Crippen LogP contribution in [0.5, 0.6) is 0 Å². The van der Waals surface area contributed by atoms with Gasteiger partial charge in [0.1, 0.15) is 11.4 Å². The minimum atomic E-state index is -0.435. The molecule has 2 aromatic heterocycles. The average Bonchev–Trinajstić information content (AvgIpc) is 3.14. The first-order valence-corrected chi connectivity index (χ1v) is 10.8. The number of imidazole rings is 1. The Morgan fingerprint density at radius 1 is 1.37 bits per heavy atom. The predicted octanol–water partition coefficient (Wildman–Crippen LogP) is 2.36. The predicted molar refractivity (Wildman–Crippen MR) is 103 cm³/mol. The number of amides is 1. The van der Waals surface area contributed by atoms with Crippen molar-refractivity contribution in [3.63, 3.8) is 0 Å². The van der Waals surface area contributed by atoms with Crippen LogP contribution in [0.3, 0.4) is 0 Å². The van der Waals surface area contributed by atoms with Gasteiger partial charge in [0, 0.05) is 43.4 Å². The van der Waals surface area contributed by atoms with Gasteiger partial charge in [-0.1, -0.05) is 6.07 Å². The molecule has 7 heteroatoms. The number of thiophene rings is 1. The van der Waals surface area contributed by atoms with E-state index in [1.807, 2.05) is 23.7 Å². The maximum Gasteiger partial charge on any atom is 0.251 e. The number of carbonyl (C=O) groups is 1. The van der Waals surface area contributed by atoms with Crippen LogP contribution in [0.25, 0.3) is 0 Å². The summed E-state index contributed by atoms with van der Waals surface area (Å²) in [7, 11) is 0. The molecule has 6 nitrogen and oxygen atoms in total. The van der Waals surface area contributed by atoms with E-state index in [-0.39, 0.29) is 5.91 Å². The van der Waals surface area contributed by atoms with E-state index >= 15 is 0 Å². The van der Waals surface area contributed by atoms with Crippen LogP contribution in [0.2, 0.25) is 0 Å². The van der Waals surface area contributed by atoms with Gasteiger partial charge >= 0.3 is 0 Å². The third-order valence-electron chi connectivity index (χ3n) is 6.03. The molecule has 5 rings (SSSR count). The molecule has 1 amide bonds. The van der Waals surface area contributed by atoms with E-state index in [1.165, 1.54) is 17.7 Å². The van der Waals surface area contributed by atoms with Crippen molar-refractivity contribution < 1.29 is 9.53 Å². The lowest BCUT2D eigenvalue weighted by molar-refractivity contribution is -0.173. The molecule has 1 saturated carbocycles. The summed E-state index contributed by atoms with van der Waals surface area (Å²) in [6, 6.07) is 4.30. The minimum Gasteiger partial charge on any atom is -0.354 e. The highest BCUT2D eigenvalue weighted by Gasteiger charge is 2.47. The maximum atomic E-state index is 12.7. The van der Waals surface area contributed by atoms with E-state index < -0.39 is 11.7 Å². The quantitative estimate of drug-likeness (QED) is 0.857. The normalized spacial score (nSPS) is 24.7. The molecule has 2 aliphatic heterocycles. The van der Waals surface area contributed by atoms with Crippen molar-refractivity contribution in [3.05, 3.63) is 40.6 Å². The van der Waals surface area contributed by atoms with Crippen LogP contribution in [0.15, 0.2) is 29.9 Å². The number of nitrogens with zero attached hydrogens (tertiary/aromatic N) is 3. The van der Waals surface area contributed by atoms with Crippen molar-refractivity contribution in [2.45, 2.75) is 50.5 Å². The largest absolute Gasteiger partial charge is 0.354 e. The Hall–Kier alpha value is -1.70. The van der Waals surface area contributed by atoms with Gasteiger partial charge in [-0.15, -0.1) is 11.3 Å². The zero-order valence-electron chi connectivity index (χ0n) is 15.5. The standard InChI is InChI=1S/C20H26N4O2S/c25-18(22-12-15-3-4-15)17-14-24-10-7-21-19(24)20(26-17)5-8-23(9-6-20)13-16-2-1-11-27-16/h1-2,7,10-11,15,17H,3-6,8-9,12-14H2,(H,22,25). The smallest absolute Gasteiger partial charge is 0.251 e. The average molecular weight is 387 g/mol. The molecule has 1 atom stereocenters. The van der Waals surface area contributed by atoms with Crippen LogP contribution in [-0.2, 0) is 28.2 Å². The summed E-state index contributed by atoms with van der Waals surface area (Å²) in [5.41, 5.74) is -0.435. The van der Waals surface area contributed by atoms with E-state index in [1.54, 1.807) is 0 Å². The van der Waals surface area contributed by atoms with Gasteiger partial charge in [0.2, 0.25) is 0 Å². The summed E-state index contributed by atoms with van der Waals surface area (Å²) < 4.78 is 8.60. The van der Waals surface area contributed by atoms with Crippen molar-refractivity contribution in [2.75, 3.05) is 19.6 Å². The van der Waals surface area contributed by atoms with Gasteiger partial charge in [0.05, 0.1) is 6.54 Å². The zero-order chi connectivity index (χ0) is 18.3. The number of hydrogen-bond acceptors (Lipinski definition) is 5. The number of piperidine rings is 1. The zero-order valence-corrected chi connectivity index (χ0v) is 16.3. The lowest BCUT2D eigenvalue weighted by atomic mass is 9.88. The molecule has 27 heavy (non-hydrogen) atoms. The Labute approximate surface area is 163 Å². The monoisotopic (exact) mass is 386 g/mol. The highest BCUT2D eigenvalue weighted by molar-refractivity contribution is 7.09. The van der Waals surface area contributed by atoms with E-state index in [2.05, 4.69) is 37.3 Å². The first kappa shape index (κ1) is 17.4. The van der Waals surface area contributed by atoms with Gasteiger partial charge in [-0.2, -0.15) is 0 Å². The Kier molecular flexibility index (Phi) is 4.53. The number of likely N-dealkylation sites (tertiary alicyclic amines) is 1. The van der Waals surface area contributed by atoms with Crippen molar-refractivity contribution in [3.8, 4) is 0 Å². The van der Waals surface area contributed by atoms with E-state index in [4.69, 9.17) is 4.74 Å². The van der Waals surface area contributed by atoms with Crippen molar-refractivity contribution >= 4 is 17.2 Å². The number of nitrogens with one attached hydrogen (secondary N) is 1. The van der Waals surface area contributed by atoms with Gasteiger partial charge in [0.25, 0.3) is 5.91 Å². The molecule has 1 saturated heterocycles. The molecule has 1 spiro atoms. The molecule has 0 aromatic carbocycles. The number of carbonyl (C=O) groups excluding carboxylic acids is 1. The number of fused-ring (bicyclic) bond motifs is 2. The van der Waals surface area contributed by atoms with Crippen LogP contribution < -0.4 is 5.32 Å². The van der Waals surface area contributed by atoms with Gasteiger partial charge in [-0.25, -0.2) is 4.98 Å². The molecular formula is C20H26N4O2S. The molecule has 0 radical (unpaired) electrons. The maximum absolute atomic E-state index is 12.7. The van der Waals surface area contributed by atoms with E-state index in [0.29, 0.717) is 12.5 Å². The molecule has 1 N–H and O–H groups in total. The topological polar surface area (TPSA) is 59.4 Å². The molecule has 4 heterocycles. The van der Waals surface area contributed by atoms with Crippen LogP contribution in [0.4, 0.5) is 0 Å². The lowest BCUT2D eigenvalue weighted by Crippen LogP contribution is -2.54. The molecule has 1 aliphatic carbocycles. The first-order valence-electron chi connectivity index (χ1n) is 9.94. The van der Waals surface area contributed by atoms with Crippen molar-refractivity contribution in [2.24, 2.45) is 5.92 Å². The molecule has 0 bridgehead atoms. The van der Waals surface area contributed by atoms with Gasteiger partial charge < -0.3 is 14.6 Å². The number of ether oxygens (including phenoxy) is 1. The van der Waals surface area contributed by atoms with Crippen LogP contribution in [0, 0.1) is 5.92 Å². The van der Waals surface area contributed by atoms with E-state index in [9.17, 15) is 4.79 Å². The number of rotatable bonds is 5. The second kappa shape index (κ2) is 7.04. The lowest BCUT2D eigenvalue weighted by Gasteiger charge is -2.45. The van der Waals surface area contributed by atoms with Crippen molar-refractivity contribution in [1.82, 2.24) is 19.8 Å². The molecule has 3 aliphatic rings. The molecular weight excluding hydrogens is 360 g/mol. The summed E-state index contributed by atoms with van der Waals surface area (Å²) in [5, 5.41) is 5.22. The van der Waals surface area contributed by atoms with Crippen LogP contribution >= 0.6 is 11.3 Å². The summed E-state index contributed by atoms with van der Waals surface area (Å²) in [6.45, 7) is 4.26. The molecule has 2 fully saturated rings. The summed E-state index contributed by atoms with van der Waals surface area (Å²) in [6.07, 6.45) is 7.63. The van der Waals surface area contributed by atoms with Gasteiger partial charge in [-0.3, -0.25) is 9.69 Å². The first-order chi connectivity index (χ1) is 13.2. The third-order valence-corrected chi connectivity index (χ3v) is 6.89. The van der Waals surface area contributed by atoms with E-state index in [0.717, 1.165) is 44.8 Å². The molecule has 1 unspecified atom stereocenters. The number of hydrogen-bond donors (Lipinski definition) is 1. The second-order valence-electron chi connectivity index (χ2n) is 8.05. The van der Waals surface area contributed by atoms with Gasteiger partial charge in [-0.05, 0) is 43.0 Å². The highest BCUT2D eigenvalue weighted by Crippen LogP contribution is 2.40. The fraction of sp³-hybridized carbons (Fsp3) is 0.600. The Bertz CT molecular complexity index is 791. The Morgan fingerprint density at radius 2 is 2.22 bits per heavy atom. The SMILES string of the molecule is O=C(NCC1CC1)C1Cn2ccnc2C2(CCN(Cc3cccs3)CC2)O1. The minimum absolute atomic E-state index is 0.0293. The Balaban J connectivity index is 1.28.